The highest BCUT2D eigenvalue weighted by molar-refractivity contribution is 14.1. The second kappa shape index (κ2) is 41.7. The van der Waals surface area contributed by atoms with Gasteiger partial charge in [-0.05, 0) is 217 Å². The molecule has 4 N–H and O–H groups in total. The summed E-state index contributed by atoms with van der Waals surface area (Å²) in [4.78, 5) is 43.6. The highest BCUT2D eigenvalue weighted by atomic mass is 127. The molecule has 0 amide bonds. The summed E-state index contributed by atoms with van der Waals surface area (Å²) in [5, 5.41) is 7.57. The van der Waals surface area contributed by atoms with E-state index in [4.69, 9.17) is 25.1 Å². The SMILES string of the molecule is CC(C)(C)S(=O)N=C1CCCCC1.CCC(=O)Oc1cccc(C2(N)CCCCC2)c1.CCC(=O)Oc1cccc(C2(NS(=O)C(C)(C)C)CCCCC2)c1.CCC(=O)Oc1cccc(I)c1.CCO.Cl.Cl.O=COc1cccc(I)c1. The van der Waals surface area contributed by atoms with Gasteiger partial charge in [-0.3, -0.25) is 19.2 Å². The first kappa shape index (κ1) is 78.6. The minimum absolute atomic E-state index is 0. The highest BCUT2D eigenvalue weighted by Gasteiger charge is 2.38. The molecule has 0 heterocycles. The van der Waals surface area contributed by atoms with Crippen LogP contribution in [0.3, 0.4) is 0 Å². The molecule has 0 aromatic heterocycles. The van der Waals surface area contributed by atoms with Gasteiger partial charge in [0, 0.05) is 44.3 Å². The van der Waals surface area contributed by atoms with E-state index < -0.39 is 22.0 Å². The molecule has 3 aliphatic carbocycles. The monoisotopic (exact) mass is 1440 g/mol. The molecule has 0 radical (unpaired) electrons. The van der Waals surface area contributed by atoms with Crippen LogP contribution in [0.25, 0.3) is 0 Å². The molecule has 3 fully saturated rings. The van der Waals surface area contributed by atoms with E-state index >= 15 is 0 Å². The van der Waals surface area contributed by atoms with Gasteiger partial charge in [0.25, 0.3) is 6.47 Å². The standard InChI is InChI=1S/C19H29NO3S.C15H21NO2.C10H19NOS.C9H9IO2.C7H5IO2.C2H6O.2ClH/c1-5-17(21)23-16-11-9-10-15(14-16)19(12-7-6-8-13-19)20-24(22)18(2,3)4;1-2-14(17)18-13-8-6-7-12(11-13)15(16)9-4-3-5-10-15;1-10(2,3)13(12)11-9-7-5-4-6-8-9;1-2-9(11)12-8-5-3-4-7(10)6-8;8-6-2-1-3-7(4-6)10-5-9;1-2-3;;/h9-11,14,20H,5-8,12-13H2,1-4H3;6-8,11H,2-5,9-10,16H2,1H3;4-8H2,1-3H3;3-6H,2H2,1H3;1-5H;3H,2H2,1H3;2*1H. The fraction of sp³-hybridized carbons (Fsp3) is 0.532. The molecular formula is C62H91Cl2I2N3O11S2. The van der Waals surface area contributed by atoms with Crippen LogP contribution in [0.5, 0.6) is 23.0 Å². The number of halogens is 4. The Morgan fingerprint density at radius 3 is 1.39 bits per heavy atom. The van der Waals surface area contributed by atoms with Crippen molar-refractivity contribution in [1.29, 1.82) is 0 Å². The molecule has 3 aliphatic rings. The van der Waals surface area contributed by atoms with Crippen LogP contribution in [-0.2, 0) is 52.2 Å². The van der Waals surface area contributed by atoms with Gasteiger partial charge < -0.3 is 29.8 Å². The zero-order valence-corrected chi connectivity index (χ0v) is 57.3. The fourth-order valence-electron chi connectivity index (χ4n) is 8.18. The summed E-state index contributed by atoms with van der Waals surface area (Å²) < 4.78 is 53.9. The minimum atomic E-state index is -1.15. The first-order valence-electron chi connectivity index (χ1n) is 27.9. The molecule has 2 atom stereocenters. The van der Waals surface area contributed by atoms with Crippen molar-refractivity contribution in [2.45, 2.75) is 205 Å². The van der Waals surface area contributed by atoms with Crippen LogP contribution < -0.4 is 29.4 Å². The van der Waals surface area contributed by atoms with Gasteiger partial charge in [-0.25, -0.2) is 13.1 Å². The summed E-state index contributed by atoms with van der Waals surface area (Å²) in [7, 11) is -2.20. The highest BCUT2D eigenvalue weighted by Crippen LogP contribution is 2.40. The summed E-state index contributed by atoms with van der Waals surface area (Å²) >= 11 is 4.32. The topological polar surface area (TPSA) is 210 Å². The summed E-state index contributed by atoms with van der Waals surface area (Å²) in [5.74, 6) is 1.73. The number of esters is 3. The number of nitrogens with zero attached hydrogens (tertiary/aromatic N) is 1. The van der Waals surface area contributed by atoms with Crippen molar-refractivity contribution in [1.82, 2.24) is 4.72 Å². The number of ether oxygens (including phenoxy) is 4. The lowest BCUT2D eigenvalue weighted by Gasteiger charge is -2.40. The zero-order valence-electron chi connectivity index (χ0n) is 49.7. The fourth-order valence-corrected chi connectivity index (χ4v) is 10.9. The number of carbonyl (C=O) groups is 4. The first-order valence-corrected chi connectivity index (χ1v) is 32.3. The van der Waals surface area contributed by atoms with Crippen LogP contribution in [0.4, 0.5) is 0 Å². The van der Waals surface area contributed by atoms with Crippen LogP contribution >= 0.6 is 70.0 Å². The lowest BCUT2D eigenvalue weighted by Crippen LogP contribution is -2.49. The van der Waals surface area contributed by atoms with Crippen molar-refractivity contribution in [3.05, 3.63) is 115 Å². The third-order valence-electron chi connectivity index (χ3n) is 12.6. The van der Waals surface area contributed by atoms with Crippen molar-refractivity contribution in [2.24, 2.45) is 10.1 Å². The molecule has 4 aromatic rings. The number of benzene rings is 4. The number of rotatable bonds is 13. The molecule has 3 saturated carbocycles. The van der Waals surface area contributed by atoms with E-state index in [-0.39, 0.29) is 69.9 Å². The number of carbonyl (C=O) groups excluding carboxylic acids is 4. The summed E-state index contributed by atoms with van der Waals surface area (Å²) in [6.07, 6.45) is 18.0. The van der Waals surface area contributed by atoms with Crippen LogP contribution in [-0.4, -0.2) is 59.7 Å². The van der Waals surface area contributed by atoms with Gasteiger partial charge >= 0.3 is 17.9 Å². The second-order valence-electron chi connectivity index (χ2n) is 21.4. The smallest absolute Gasteiger partial charge is 0.310 e. The van der Waals surface area contributed by atoms with Crippen molar-refractivity contribution < 1.29 is 51.6 Å². The summed E-state index contributed by atoms with van der Waals surface area (Å²) in [5.41, 5.74) is 9.22. The number of aliphatic hydroxyl groups excluding tert-OH is 1. The van der Waals surface area contributed by atoms with Gasteiger partial charge in [0.2, 0.25) is 0 Å². The van der Waals surface area contributed by atoms with Crippen LogP contribution in [0.15, 0.2) is 101 Å². The van der Waals surface area contributed by atoms with Crippen LogP contribution in [0.1, 0.15) is 196 Å². The number of nitrogens with two attached hydrogens (primary N) is 1. The number of hydrogen-bond acceptors (Lipinski definition) is 12. The molecule has 20 heteroatoms. The average Bonchev–Trinajstić information content (AvgIpc) is 3.55. The van der Waals surface area contributed by atoms with E-state index in [9.17, 15) is 27.6 Å². The Morgan fingerprint density at radius 2 is 0.976 bits per heavy atom. The van der Waals surface area contributed by atoms with Crippen molar-refractivity contribution in [3.8, 4) is 23.0 Å². The Bertz CT molecular complexity index is 2590. The van der Waals surface area contributed by atoms with Gasteiger partial charge in [-0.2, -0.15) is 4.40 Å². The van der Waals surface area contributed by atoms with Crippen LogP contribution in [0, 0.1) is 7.14 Å². The Balaban J connectivity index is 0.00000101. The molecule has 460 valence electrons. The van der Waals surface area contributed by atoms with E-state index in [1.54, 1.807) is 52.0 Å². The van der Waals surface area contributed by atoms with Crippen molar-refractivity contribution >= 4 is 122 Å². The predicted molar refractivity (Wildman–Crippen MR) is 356 cm³/mol. The Labute approximate surface area is 534 Å². The Morgan fingerprint density at radius 1 is 0.598 bits per heavy atom. The van der Waals surface area contributed by atoms with Crippen LogP contribution in [0.2, 0.25) is 0 Å². The first-order chi connectivity index (χ1) is 37.9. The average molecular weight is 1440 g/mol. The van der Waals surface area contributed by atoms with E-state index in [0.29, 0.717) is 48.7 Å². The van der Waals surface area contributed by atoms with E-state index in [1.165, 1.54) is 50.7 Å². The number of hydrogen-bond donors (Lipinski definition) is 3. The number of nitrogens with one attached hydrogen (secondary N) is 1. The van der Waals surface area contributed by atoms with Gasteiger partial charge in [-0.1, -0.05) is 102 Å². The van der Waals surface area contributed by atoms with Gasteiger partial charge in [0.15, 0.2) is 0 Å². The minimum Gasteiger partial charge on any atom is -0.429 e. The number of aliphatic hydroxyl groups is 1. The maximum absolute atomic E-state index is 12.7. The third kappa shape index (κ3) is 31.2. The predicted octanol–water partition coefficient (Wildman–Crippen LogP) is 15.5. The maximum Gasteiger partial charge on any atom is 0.310 e. The van der Waals surface area contributed by atoms with Gasteiger partial charge in [0.1, 0.15) is 34.0 Å². The molecule has 14 nitrogen and oxygen atoms in total. The third-order valence-corrected chi connectivity index (χ3v) is 17.1. The van der Waals surface area contributed by atoms with Crippen molar-refractivity contribution in [3.63, 3.8) is 0 Å². The quantitative estimate of drug-likeness (QED) is 0.0494. The van der Waals surface area contributed by atoms with E-state index in [1.807, 2.05) is 114 Å². The summed E-state index contributed by atoms with van der Waals surface area (Å²) in [6, 6.07) is 30.0. The Kier molecular flexibility index (Phi) is 40.0. The summed E-state index contributed by atoms with van der Waals surface area (Å²) in [6.45, 7) is 19.5. The molecule has 7 rings (SSSR count). The molecular weight excluding hydrogens is 1350 g/mol. The largest absolute Gasteiger partial charge is 0.429 e. The molecule has 0 spiro atoms. The molecule has 0 bridgehead atoms. The lowest BCUT2D eigenvalue weighted by molar-refractivity contribution is -0.134. The normalized spacial score (nSPS) is 15.6. The lowest BCUT2D eigenvalue weighted by atomic mass is 9.77. The zero-order chi connectivity index (χ0) is 59.8. The molecule has 4 aromatic carbocycles. The Hall–Kier alpha value is -3.35. The second-order valence-corrected chi connectivity index (χ2v) is 27.8. The molecule has 0 saturated heterocycles. The van der Waals surface area contributed by atoms with Gasteiger partial charge in [0.05, 0.1) is 26.0 Å². The molecule has 82 heavy (non-hydrogen) atoms. The van der Waals surface area contributed by atoms with Crippen molar-refractivity contribution in [2.75, 3.05) is 6.61 Å². The van der Waals surface area contributed by atoms with E-state index in [0.717, 1.165) is 69.6 Å². The van der Waals surface area contributed by atoms with E-state index in [2.05, 4.69) is 59.0 Å². The maximum atomic E-state index is 12.7. The molecule has 2 unspecified atom stereocenters. The van der Waals surface area contributed by atoms with Gasteiger partial charge in [-0.15, -0.1) is 24.8 Å². The molecule has 0 aliphatic heterocycles.